The highest BCUT2D eigenvalue weighted by Gasteiger charge is 2.21. The number of para-hydroxylation sites is 1. The molecule has 32 heavy (non-hydrogen) atoms. The van der Waals surface area contributed by atoms with Gasteiger partial charge >= 0.3 is 0 Å². The maximum absolute atomic E-state index is 6.15. The van der Waals surface area contributed by atoms with Crippen LogP contribution in [0.25, 0.3) is 5.52 Å². The van der Waals surface area contributed by atoms with Gasteiger partial charge in [-0.25, -0.2) is 4.52 Å². The summed E-state index contributed by atoms with van der Waals surface area (Å²) >= 11 is 0. The first-order chi connectivity index (χ1) is 15.8. The molecule has 0 bridgehead atoms. The Morgan fingerprint density at radius 3 is 2.88 bits per heavy atom. The van der Waals surface area contributed by atoms with Gasteiger partial charge in [0.25, 0.3) is 0 Å². The average Bonchev–Trinajstić information content (AvgIpc) is 3.21. The smallest absolute Gasteiger partial charge is 0.124 e. The Balaban J connectivity index is 1.26. The predicted molar refractivity (Wildman–Crippen MR) is 123 cm³/mol. The molecule has 1 atom stereocenters. The van der Waals surface area contributed by atoms with E-state index in [1.807, 2.05) is 41.3 Å². The second-order valence-corrected chi connectivity index (χ2v) is 8.33. The fourth-order valence-electron chi connectivity index (χ4n) is 4.38. The van der Waals surface area contributed by atoms with E-state index >= 15 is 0 Å². The van der Waals surface area contributed by atoms with E-state index in [9.17, 15) is 0 Å². The van der Waals surface area contributed by atoms with Crippen molar-refractivity contribution in [1.82, 2.24) is 19.5 Å². The monoisotopic (exact) mass is 428 g/mol. The van der Waals surface area contributed by atoms with Crippen molar-refractivity contribution in [2.75, 3.05) is 26.3 Å². The Morgan fingerprint density at radius 1 is 1.00 bits per heavy atom. The Hall–Kier alpha value is -3.22. The van der Waals surface area contributed by atoms with Crippen LogP contribution < -0.4 is 4.74 Å². The number of nitrogens with zero attached hydrogens (tertiary/aromatic N) is 4. The van der Waals surface area contributed by atoms with E-state index in [-0.39, 0.29) is 0 Å². The number of fused-ring (bicyclic) bond motifs is 1. The summed E-state index contributed by atoms with van der Waals surface area (Å²) < 4.78 is 14.1. The van der Waals surface area contributed by atoms with E-state index in [2.05, 4.69) is 51.4 Å². The number of hydrogen-bond donors (Lipinski definition) is 0. The van der Waals surface area contributed by atoms with Gasteiger partial charge in [0.1, 0.15) is 12.4 Å². The standard InChI is InChI=1S/C26H28N4O2/c1-2-8-26(32-20-21-5-3-10-27-16-21)24(6-1)18-29-13-14-31-19-22(17-29)15-23-7-4-12-30-25(23)9-11-28-30/h1-12,16,22H,13-15,17-20H2/t22-/m1/s1. The zero-order valence-electron chi connectivity index (χ0n) is 18.1. The zero-order chi connectivity index (χ0) is 21.6. The highest BCUT2D eigenvalue weighted by atomic mass is 16.5. The molecule has 1 saturated heterocycles. The molecule has 0 N–H and O–H groups in total. The van der Waals surface area contributed by atoms with Gasteiger partial charge in [0.15, 0.2) is 0 Å². The predicted octanol–water partition coefficient (Wildman–Crippen LogP) is 4.00. The Labute approximate surface area is 188 Å². The lowest BCUT2D eigenvalue weighted by Crippen LogP contribution is -2.30. The van der Waals surface area contributed by atoms with Gasteiger partial charge < -0.3 is 9.47 Å². The SMILES string of the molecule is c1cncc(COc2ccccc2CN2CCOC[C@H](Cc3cccn4nccc34)C2)c1. The molecule has 1 fully saturated rings. The molecule has 1 aromatic carbocycles. The van der Waals surface area contributed by atoms with E-state index in [1.54, 1.807) is 6.20 Å². The minimum absolute atomic E-state index is 0.432. The lowest BCUT2D eigenvalue weighted by Gasteiger charge is -2.24. The van der Waals surface area contributed by atoms with Gasteiger partial charge in [-0.15, -0.1) is 0 Å². The number of benzene rings is 1. The van der Waals surface area contributed by atoms with Gasteiger partial charge in [-0.3, -0.25) is 9.88 Å². The van der Waals surface area contributed by atoms with E-state index < -0.39 is 0 Å². The third kappa shape index (κ3) is 4.98. The number of pyridine rings is 2. The maximum atomic E-state index is 6.15. The fraction of sp³-hybridized carbons (Fsp3) is 0.308. The van der Waals surface area contributed by atoms with E-state index in [4.69, 9.17) is 9.47 Å². The topological polar surface area (TPSA) is 51.9 Å². The average molecular weight is 429 g/mol. The first-order valence-corrected chi connectivity index (χ1v) is 11.2. The molecular weight excluding hydrogens is 400 g/mol. The molecule has 0 unspecified atom stereocenters. The van der Waals surface area contributed by atoms with Crippen molar-refractivity contribution in [2.24, 2.45) is 5.92 Å². The molecule has 164 valence electrons. The number of aromatic nitrogens is 3. The molecule has 0 aliphatic carbocycles. The van der Waals surface area contributed by atoms with Crippen molar-refractivity contribution in [3.63, 3.8) is 0 Å². The van der Waals surface area contributed by atoms with E-state index in [0.717, 1.165) is 50.6 Å². The van der Waals surface area contributed by atoms with Gasteiger partial charge in [-0.2, -0.15) is 5.10 Å². The van der Waals surface area contributed by atoms with Crippen molar-refractivity contribution in [2.45, 2.75) is 19.6 Å². The molecular formula is C26H28N4O2. The van der Waals surface area contributed by atoms with Gasteiger partial charge in [0.2, 0.25) is 0 Å². The largest absolute Gasteiger partial charge is 0.489 e. The quantitative estimate of drug-likeness (QED) is 0.445. The number of ether oxygens (including phenoxy) is 2. The van der Waals surface area contributed by atoms with Gasteiger partial charge in [0.05, 0.1) is 18.7 Å². The maximum Gasteiger partial charge on any atom is 0.124 e. The number of rotatable bonds is 7. The lowest BCUT2D eigenvalue weighted by molar-refractivity contribution is 0.122. The molecule has 0 amide bonds. The van der Waals surface area contributed by atoms with Crippen molar-refractivity contribution in [3.8, 4) is 5.75 Å². The molecule has 5 rings (SSSR count). The van der Waals surface area contributed by atoms with Crippen LogP contribution in [0.1, 0.15) is 16.7 Å². The second kappa shape index (κ2) is 9.94. The Morgan fingerprint density at radius 2 is 1.94 bits per heavy atom. The molecule has 6 heteroatoms. The van der Waals surface area contributed by atoms with E-state index in [1.165, 1.54) is 16.6 Å². The van der Waals surface area contributed by atoms with Crippen LogP contribution in [0.3, 0.4) is 0 Å². The van der Waals surface area contributed by atoms with E-state index in [0.29, 0.717) is 12.5 Å². The summed E-state index contributed by atoms with van der Waals surface area (Å²) in [6.07, 6.45) is 8.46. The molecule has 0 radical (unpaired) electrons. The minimum Gasteiger partial charge on any atom is -0.489 e. The van der Waals surface area contributed by atoms with Crippen molar-refractivity contribution in [1.29, 1.82) is 0 Å². The highest BCUT2D eigenvalue weighted by Crippen LogP contribution is 2.24. The first-order valence-electron chi connectivity index (χ1n) is 11.2. The third-order valence-electron chi connectivity index (χ3n) is 5.94. The normalized spacial score (nSPS) is 17.3. The molecule has 0 saturated carbocycles. The lowest BCUT2D eigenvalue weighted by atomic mass is 9.99. The van der Waals surface area contributed by atoms with Crippen molar-refractivity contribution >= 4 is 5.52 Å². The first kappa shape index (κ1) is 20.7. The second-order valence-electron chi connectivity index (χ2n) is 8.33. The molecule has 6 nitrogen and oxygen atoms in total. The fourth-order valence-corrected chi connectivity index (χ4v) is 4.38. The molecule has 4 aromatic rings. The highest BCUT2D eigenvalue weighted by molar-refractivity contribution is 5.53. The van der Waals surface area contributed by atoms with Crippen LogP contribution in [0.5, 0.6) is 5.75 Å². The third-order valence-corrected chi connectivity index (χ3v) is 5.94. The molecule has 4 heterocycles. The van der Waals surface area contributed by atoms with Crippen LogP contribution in [0, 0.1) is 5.92 Å². The Kier molecular flexibility index (Phi) is 6.42. The van der Waals surface area contributed by atoms with Crippen LogP contribution in [0.15, 0.2) is 79.4 Å². The summed E-state index contributed by atoms with van der Waals surface area (Å²) in [5.41, 5.74) is 4.77. The zero-order valence-corrected chi connectivity index (χ0v) is 18.1. The van der Waals surface area contributed by atoms with Gasteiger partial charge in [0, 0.05) is 55.5 Å². The summed E-state index contributed by atoms with van der Waals surface area (Å²) in [7, 11) is 0. The molecule has 3 aromatic heterocycles. The summed E-state index contributed by atoms with van der Waals surface area (Å²) in [6, 6.07) is 18.7. The summed E-state index contributed by atoms with van der Waals surface area (Å²) in [4.78, 5) is 6.66. The van der Waals surface area contributed by atoms with Crippen molar-refractivity contribution in [3.05, 3.63) is 96.1 Å². The van der Waals surface area contributed by atoms with Crippen LogP contribution in [0.4, 0.5) is 0 Å². The van der Waals surface area contributed by atoms with Crippen molar-refractivity contribution < 1.29 is 9.47 Å². The summed E-state index contributed by atoms with van der Waals surface area (Å²) in [5.74, 6) is 1.36. The van der Waals surface area contributed by atoms with Crippen LogP contribution in [-0.4, -0.2) is 45.8 Å². The molecule has 1 aliphatic rings. The summed E-state index contributed by atoms with van der Waals surface area (Å²) in [5, 5.41) is 4.37. The Bertz CT molecular complexity index is 1140. The summed E-state index contributed by atoms with van der Waals surface area (Å²) in [6.45, 7) is 4.82. The molecule has 1 aliphatic heterocycles. The van der Waals surface area contributed by atoms with Crippen LogP contribution in [-0.2, 0) is 24.3 Å². The van der Waals surface area contributed by atoms with Crippen LogP contribution in [0.2, 0.25) is 0 Å². The van der Waals surface area contributed by atoms with Crippen LogP contribution >= 0.6 is 0 Å². The van der Waals surface area contributed by atoms with Gasteiger partial charge in [-0.1, -0.05) is 30.3 Å². The number of hydrogen-bond acceptors (Lipinski definition) is 5. The molecule has 0 spiro atoms. The van der Waals surface area contributed by atoms with Gasteiger partial charge in [-0.05, 0) is 42.2 Å². The minimum atomic E-state index is 0.432.